The van der Waals surface area contributed by atoms with Crippen LogP contribution in [0.3, 0.4) is 0 Å². The lowest BCUT2D eigenvalue weighted by Crippen LogP contribution is -2.36. The van der Waals surface area contributed by atoms with Gasteiger partial charge in [0.05, 0.1) is 5.70 Å². The summed E-state index contributed by atoms with van der Waals surface area (Å²) in [5.74, 6) is 0.855. The fourth-order valence-electron chi connectivity index (χ4n) is 1.61. The normalized spacial score (nSPS) is 22.6. The highest BCUT2D eigenvalue weighted by atomic mass is 16.2. The van der Waals surface area contributed by atoms with Crippen LogP contribution in [0.1, 0.15) is 0 Å². The van der Waals surface area contributed by atoms with Crippen molar-refractivity contribution < 1.29 is 4.79 Å². The van der Waals surface area contributed by atoms with Gasteiger partial charge in [0.15, 0.2) is 0 Å². The van der Waals surface area contributed by atoms with Crippen LogP contribution in [0.5, 0.6) is 0 Å². The van der Waals surface area contributed by atoms with Crippen LogP contribution in [0.2, 0.25) is 0 Å². The van der Waals surface area contributed by atoms with Gasteiger partial charge in [-0.1, -0.05) is 6.08 Å². The quantitative estimate of drug-likeness (QED) is 0.546. The van der Waals surface area contributed by atoms with Crippen molar-refractivity contribution in [1.29, 1.82) is 0 Å². The summed E-state index contributed by atoms with van der Waals surface area (Å²) in [5.41, 5.74) is 1.63. The third-order valence-corrected chi connectivity index (χ3v) is 2.20. The van der Waals surface area contributed by atoms with Crippen LogP contribution < -0.4 is 10.6 Å². The molecule has 0 unspecified atom stereocenters. The lowest BCUT2D eigenvalue weighted by Gasteiger charge is -2.28. The number of nitrogens with one attached hydrogen (secondary N) is 2. The number of amides is 1. The van der Waals surface area contributed by atoms with E-state index >= 15 is 0 Å². The summed E-state index contributed by atoms with van der Waals surface area (Å²) in [6.45, 7) is 0. The zero-order valence-electron chi connectivity index (χ0n) is 6.74. The highest BCUT2D eigenvalue weighted by Crippen LogP contribution is 2.29. The Kier molecular flexibility index (Phi) is 1.02. The standard InChI is InChI=1S/C9H7N3O/c13-9-7-5-10-8-3-1-2-6(4-11-9)12(7)8/h1-5,10H,(H,11,13). The van der Waals surface area contributed by atoms with Gasteiger partial charge in [-0.2, -0.15) is 0 Å². The molecule has 0 radical (unpaired) electrons. The number of allylic oxidation sites excluding steroid dienone is 3. The van der Waals surface area contributed by atoms with E-state index in [0.717, 1.165) is 11.5 Å². The molecule has 0 bridgehead atoms. The molecule has 2 N–H and O–H groups in total. The van der Waals surface area contributed by atoms with Gasteiger partial charge in [0, 0.05) is 12.4 Å². The van der Waals surface area contributed by atoms with E-state index < -0.39 is 0 Å². The third kappa shape index (κ3) is 0.717. The highest BCUT2D eigenvalue weighted by molar-refractivity contribution is 5.96. The minimum Gasteiger partial charge on any atom is -0.345 e. The monoisotopic (exact) mass is 173 g/mol. The van der Waals surface area contributed by atoms with Crippen molar-refractivity contribution in [3.8, 4) is 0 Å². The maximum Gasteiger partial charge on any atom is 0.273 e. The number of hydrogen-bond donors (Lipinski definition) is 2. The van der Waals surface area contributed by atoms with Crippen molar-refractivity contribution in [3.05, 3.63) is 47.8 Å². The molecule has 0 saturated carbocycles. The average molecular weight is 173 g/mol. The Morgan fingerprint density at radius 1 is 1.23 bits per heavy atom. The molecule has 0 fully saturated rings. The van der Waals surface area contributed by atoms with Crippen LogP contribution >= 0.6 is 0 Å². The van der Waals surface area contributed by atoms with Crippen LogP contribution in [-0.4, -0.2) is 10.8 Å². The van der Waals surface area contributed by atoms with Gasteiger partial charge in [0.1, 0.15) is 11.5 Å². The average Bonchev–Trinajstić information content (AvgIpc) is 2.57. The van der Waals surface area contributed by atoms with E-state index in [2.05, 4.69) is 10.6 Å². The second kappa shape index (κ2) is 2.04. The van der Waals surface area contributed by atoms with E-state index in [1.807, 2.05) is 23.1 Å². The first-order valence-corrected chi connectivity index (χ1v) is 4.02. The predicted molar refractivity (Wildman–Crippen MR) is 46.5 cm³/mol. The molecule has 3 aliphatic heterocycles. The maximum absolute atomic E-state index is 11.3. The fraction of sp³-hybridized carbons (Fsp3) is 0. The Bertz CT molecular complexity index is 415. The topological polar surface area (TPSA) is 44.4 Å². The van der Waals surface area contributed by atoms with Gasteiger partial charge in [-0.3, -0.25) is 9.69 Å². The lowest BCUT2D eigenvalue weighted by molar-refractivity contribution is -0.118. The molecular formula is C9H7N3O. The first-order chi connectivity index (χ1) is 6.36. The summed E-state index contributed by atoms with van der Waals surface area (Å²) in [4.78, 5) is 13.2. The summed E-state index contributed by atoms with van der Waals surface area (Å²) in [5, 5.41) is 5.71. The molecule has 0 atom stereocenters. The summed E-state index contributed by atoms with van der Waals surface area (Å²) in [6.07, 6.45) is 9.24. The zero-order chi connectivity index (χ0) is 8.84. The molecule has 3 rings (SSSR count). The van der Waals surface area contributed by atoms with E-state index in [1.54, 1.807) is 12.4 Å². The molecule has 13 heavy (non-hydrogen) atoms. The molecule has 0 aromatic rings. The van der Waals surface area contributed by atoms with Gasteiger partial charge < -0.3 is 10.6 Å². The van der Waals surface area contributed by atoms with Crippen molar-refractivity contribution >= 4 is 5.91 Å². The van der Waals surface area contributed by atoms with Crippen LogP contribution in [0.25, 0.3) is 0 Å². The molecule has 3 heterocycles. The van der Waals surface area contributed by atoms with Gasteiger partial charge in [0.2, 0.25) is 0 Å². The molecule has 0 aromatic carbocycles. The van der Waals surface area contributed by atoms with Crippen LogP contribution in [-0.2, 0) is 4.79 Å². The predicted octanol–water partition coefficient (Wildman–Crippen LogP) is 0.115. The molecular weight excluding hydrogens is 166 g/mol. The smallest absolute Gasteiger partial charge is 0.273 e. The molecule has 3 aliphatic rings. The Hall–Kier alpha value is -1.97. The van der Waals surface area contributed by atoms with Crippen LogP contribution in [0, 0.1) is 0 Å². The fourth-order valence-corrected chi connectivity index (χ4v) is 1.61. The minimum atomic E-state index is -0.0741. The van der Waals surface area contributed by atoms with Gasteiger partial charge in [0.25, 0.3) is 5.91 Å². The Morgan fingerprint density at radius 2 is 2.15 bits per heavy atom. The number of carbonyl (C=O) groups is 1. The van der Waals surface area contributed by atoms with Crippen molar-refractivity contribution in [2.45, 2.75) is 0 Å². The second-order valence-electron chi connectivity index (χ2n) is 2.96. The SMILES string of the molecule is O=C1NC=C2C=CC=C3NC=C1N23. The van der Waals surface area contributed by atoms with E-state index in [-0.39, 0.29) is 5.91 Å². The molecule has 4 heteroatoms. The van der Waals surface area contributed by atoms with Gasteiger partial charge in [-0.25, -0.2) is 0 Å². The summed E-state index contributed by atoms with van der Waals surface area (Å²) in [6, 6.07) is 0. The number of hydrogen-bond acceptors (Lipinski definition) is 3. The Labute approximate surface area is 74.9 Å². The first-order valence-electron chi connectivity index (χ1n) is 4.02. The second-order valence-corrected chi connectivity index (χ2v) is 2.96. The maximum atomic E-state index is 11.3. The molecule has 1 amide bonds. The largest absolute Gasteiger partial charge is 0.345 e. The molecule has 4 nitrogen and oxygen atoms in total. The van der Waals surface area contributed by atoms with Crippen molar-refractivity contribution in [3.63, 3.8) is 0 Å². The summed E-state index contributed by atoms with van der Waals surface area (Å²) in [7, 11) is 0. The van der Waals surface area contributed by atoms with Crippen molar-refractivity contribution in [1.82, 2.24) is 15.5 Å². The number of rotatable bonds is 0. The van der Waals surface area contributed by atoms with E-state index in [0.29, 0.717) is 5.70 Å². The Morgan fingerprint density at radius 3 is 3.08 bits per heavy atom. The van der Waals surface area contributed by atoms with Crippen LogP contribution in [0.4, 0.5) is 0 Å². The summed E-state index contributed by atoms with van der Waals surface area (Å²) >= 11 is 0. The minimum absolute atomic E-state index is 0.0741. The summed E-state index contributed by atoms with van der Waals surface area (Å²) < 4.78 is 0. The lowest BCUT2D eigenvalue weighted by atomic mass is 10.2. The van der Waals surface area contributed by atoms with Gasteiger partial charge in [-0.05, 0) is 12.2 Å². The number of nitrogens with zero attached hydrogens (tertiary/aromatic N) is 1. The molecule has 0 aromatic heterocycles. The third-order valence-electron chi connectivity index (χ3n) is 2.20. The molecule has 0 aliphatic carbocycles. The molecule has 0 spiro atoms. The van der Waals surface area contributed by atoms with Crippen molar-refractivity contribution in [2.24, 2.45) is 0 Å². The molecule has 64 valence electrons. The van der Waals surface area contributed by atoms with Crippen LogP contribution in [0.15, 0.2) is 47.8 Å². The zero-order valence-corrected chi connectivity index (χ0v) is 6.74. The van der Waals surface area contributed by atoms with E-state index in [9.17, 15) is 4.79 Å². The number of carbonyl (C=O) groups excluding carboxylic acids is 1. The highest BCUT2D eigenvalue weighted by Gasteiger charge is 2.31. The Balaban J connectivity index is 2.20. The first kappa shape index (κ1) is 6.54. The van der Waals surface area contributed by atoms with Gasteiger partial charge >= 0.3 is 0 Å². The van der Waals surface area contributed by atoms with E-state index in [1.165, 1.54) is 0 Å². The van der Waals surface area contributed by atoms with Gasteiger partial charge in [-0.15, -0.1) is 0 Å². The van der Waals surface area contributed by atoms with Crippen molar-refractivity contribution in [2.75, 3.05) is 0 Å². The van der Waals surface area contributed by atoms with E-state index in [4.69, 9.17) is 0 Å². The molecule has 0 saturated heterocycles.